The largest absolute Gasteiger partial charge is 0.334 e. The number of carbonyl (C=O) groups is 1. The van der Waals surface area contributed by atoms with E-state index in [0.717, 1.165) is 24.6 Å². The van der Waals surface area contributed by atoms with E-state index in [2.05, 4.69) is 34.4 Å². The number of nitrogens with zero attached hydrogens (tertiary/aromatic N) is 3. The van der Waals surface area contributed by atoms with Crippen LogP contribution in [0.25, 0.3) is 0 Å². The highest BCUT2D eigenvalue weighted by Gasteiger charge is 2.34. The molecule has 1 saturated carbocycles. The van der Waals surface area contributed by atoms with Gasteiger partial charge in [0.2, 0.25) is 10.0 Å². The van der Waals surface area contributed by atoms with Crippen LogP contribution in [0.2, 0.25) is 0 Å². The van der Waals surface area contributed by atoms with Gasteiger partial charge in [0.15, 0.2) is 0 Å². The molecule has 0 spiro atoms. The van der Waals surface area contributed by atoms with Crippen LogP contribution in [-0.4, -0.2) is 60.9 Å². The van der Waals surface area contributed by atoms with Gasteiger partial charge in [-0.15, -0.1) is 0 Å². The van der Waals surface area contributed by atoms with E-state index >= 15 is 0 Å². The molecule has 8 nitrogen and oxygen atoms in total. The third-order valence-electron chi connectivity index (χ3n) is 7.05. The number of hydrogen-bond acceptors (Lipinski definition) is 5. The second-order valence-electron chi connectivity index (χ2n) is 9.60. The van der Waals surface area contributed by atoms with Crippen LogP contribution >= 0.6 is 0 Å². The number of amides is 2. The SMILES string of the molecule is CC1CCC(N2CCN(S(=O)(=O)c3ccc(NC(=O)NCc4cccnc4)cc3)CC2)C(C)C1. The molecule has 1 aromatic heterocycles. The van der Waals surface area contributed by atoms with Crippen LogP contribution in [0.5, 0.6) is 0 Å². The van der Waals surface area contributed by atoms with Crippen molar-refractivity contribution in [3.05, 3.63) is 54.4 Å². The lowest BCUT2D eigenvalue weighted by molar-refractivity contribution is 0.0654. The maximum absolute atomic E-state index is 13.2. The van der Waals surface area contributed by atoms with Crippen molar-refractivity contribution in [1.82, 2.24) is 19.5 Å². The molecule has 3 unspecified atom stereocenters. The molecule has 2 heterocycles. The Balaban J connectivity index is 1.29. The van der Waals surface area contributed by atoms with Crippen molar-refractivity contribution in [2.45, 2.75) is 50.6 Å². The quantitative estimate of drug-likeness (QED) is 0.653. The molecule has 1 aliphatic heterocycles. The molecule has 1 saturated heterocycles. The maximum atomic E-state index is 13.2. The highest BCUT2D eigenvalue weighted by Crippen LogP contribution is 2.33. The van der Waals surface area contributed by atoms with Crippen LogP contribution in [-0.2, 0) is 16.6 Å². The van der Waals surface area contributed by atoms with Crippen LogP contribution in [0.4, 0.5) is 10.5 Å². The van der Waals surface area contributed by atoms with E-state index in [9.17, 15) is 13.2 Å². The fraction of sp³-hybridized carbons (Fsp3) is 0.520. The Morgan fingerprint density at radius 2 is 1.79 bits per heavy atom. The average molecular weight is 486 g/mol. The molecule has 0 bridgehead atoms. The van der Waals surface area contributed by atoms with Gasteiger partial charge in [0, 0.05) is 56.8 Å². The van der Waals surface area contributed by atoms with Crippen molar-refractivity contribution < 1.29 is 13.2 Å². The summed E-state index contributed by atoms with van der Waals surface area (Å²) in [5.41, 5.74) is 1.43. The van der Waals surface area contributed by atoms with Gasteiger partial charge in [-0.25, -0.2) is 13.2 Å². The zero-order chi connectivity index (χ0) is 24.1. The highest BCUT2D eigenvalue weighted by molar-refractivity contribution is 7.89. The summed E-state index contributed by atoms with van der Waals surface area (Å²) in [6.45, 7) is 7.59. The first-order valence-electron chi connectivity index (χ1n) is 12.1. The van der Waals surface area contributed by atoms with E-state index in [1.165, 1.54) is 19.3 Å². The molecule has 34 heavy (non-hydrogen) atoms. The van der Waals surface area contributed by atoms with Gasteiger partial charge < -0.3 is 10.6 Å². The second-order valence-corrected chi connectivity index (χ2v) is 11.5. The number of rotatable bonds is 6. The normalized spacial score (nSPS) is 24.5. The number of urea groups is 1. The lowest BCUT2D eigenvalue weighted by atomic mass is 9.79. The van der Waals surface area contributed by atoms with E-state index in [4.69, 9.17) is 0 Å². The summed E-state index contributed by atoms with van der Waals surface area (Å²) in [4.78, 5) is 18.9. The number of nitrogens with one attached hydrogen (secondary N) is 2. The molecule has 2 amide bonds. The third-order valence-corrected chi connectivity index (χ3v) is 8.97. The van der Waals surface area contributed by atoms with Gasteiger partial charge in [-0.3, -0.25) is 9.88 Å². The second kappa shape index (κ2) is 10.8. The van der Waals surface area contributed by atoms with Crippen molar-refractivity contribution in [3.8, 4) is 0 Å². The minimum Gasteiger partial charge on any atom is -0.334 e. The molecular formula is C25H35N5O3S. The number of carbonyl (C=O) groups excluding carboxylic acids is 1. The van der Waals surface area contributed by atoms with Crippen molar-refractivity contribution in [2.75, 3.05) is 31.5 Å². The number of hydrogen-bond donors (Lipinski definition) is 2. The first kappa shape index (κ1) is 24.6. The zero-order valence-corrected chi connectivity index (χ0v) is 20.8. The highest BCUT2D eigenvalue weighted by atomic mass is 32.2. The van der Waals surface area contributed by atoms with Crippen molar-refractivity contribution >= 4 is 21.7 Å². The van der Waals surface area contributed by atoms with E-state index in [1.807, 2.05) is 12.1 Å². The predicted molar refractivity (Wildman–Crippen MR) is 133 cm³/mol. The fourth-order valence-electron chi connectivity index (χ4n) is 5.19. The molecule has 3 atom stereocenters. The van der Waals surface area contributed by atoms with Gasteiger partial charge in [-0.05, 0) is 67.0 Å². The number of aromatic nitrogens is 1. The van der Waals surface area contributed by atoms with Gasteiger partial charge in [0.25, 0.3) is 0 Å². The Hall–Kier alpha value is -2.49. The predicted octanol–water partition coefficient (Wildman–Crippen LogP) is 3.53. The van der Waals surface area contributed by atoms with Crippen molar-refractivity contribution in [2.24, 2.45) is 11.8 Å². The Labute approximate surface area is 202 Å². The lowest BCUT2D eigenvalue weighted by Gasteiger charge is -2.44. The Morgan fingerprint density at radius 3 is 2.44 bits per heavy atom. The van der Waals surface area contributed by atoms with Gasteiger partial charge in [-0.1, -0.05) is 19.9 Å². The van der Waals surface area contributed by atoms with E-state index < -0.39 is 10.0 Å². The summed E-state index contributed by atoms with van der Waals surface area (Å²) in [7, 11) is -3.56. The van der Waals surface area contributed by atoms with Crippen LogP contribution in [0.1, 0.15) is 38.7 Å². The number of benzene rings is 1. The smallest absolute Gasteiger partial charge is 0.319 e. The molecule has 2 fully saturated rings. The summed E-state index contributed by atoms with van der Waals surface area (Å²) < 4.78 is 27.9. The first-order valence-corrected chi connectivity index (χ1v) is 13.5. The van der Waals surface area contributed by atoms with Gasteiger partial charge in [0.05, 0.1) is 4.90 Å². The van der Waals surface area contributed by atoms with Gasteiger partial charge in [0.1, 0.15) is 0 Å². The topological polar surface area (TPSA) is 94.6 Å². The number of sulfonamides is 1. The number of pyridine rings is 1. The lowest BCUT2D eigenvalue weighted by Crippen LogP contribution is -2.54. The number of piperazine rings is 1. The van der Waals surface area contributed by atoms with E-state index in [1.54, 1.807) is 41.0 Å². The zero-order valence-electron chi connectivity index (χ0n) is 20.0. The standard InChI is InChI=1S/C25H35N5O3S/c1-19-5-10-24(20(2)16-19)29-12-14-30(15-13-29)34(32,33)23-8-6-22(7-9-23)28-25(31)27-18-21-4-3-11-26-17-21/h3-4,6-9,11,17,19-20,24H,5,10,12-16,18H2,1-2H3,(H2,27,28,31). The molecule has 2 aliphatic rings. The molecule has 4 rings (SSSR count). The number of anilines is 1. The third kappa shape index (κ3) is 5.95. The Kier molecular flexibility index (Phi) is 7.85. The Morgan fingerprint density at radius 1 is 1.06 bits per heavy atom. The maximum Gasteiger partial charge on any atom is 0.319 e. The van der Waals surface area contributed by atoms with Crippen LogP contribution < -0.4 is 10.6 Å². The van der Waals surface area contributed by atoms with Crippen LogP contribution in [0.15, 0.2) is 53.7 Å². The molecule has 2 N–H and O–H groups in total. The molecule has 1 aliphatic carbocycles. The summed E-state index contributed by atoms with van der Waals surface area (Å²) in [6, 6.07) is 10.3. The van der Waals surface area contributed by atoms with E-state index in [0.29, 0.717) is 37.3 Å². The van der Waals surface area contributed by atoms with Gasteiger partial charge in [-0.2, -0.15) is 4.31 Å². The first-order chi connectivity index (χ1) is 16.3. The molecule has 0 radical (unpaired) electrons. The molecular weight excluding hydrogens is 450 g/mol. The minimum absolute atomic E-state index is 0.252. The Bertz CT molecular complexity index is 1050. The minimum atomic E-state index is -3.56. The average Bonchev–Trinajstić information content (AvgIpc) is 2.84. The summed E-state index contributed by atoms with van der Waals surface area (Å²) >= 11 is 0. The van der Waals surface area contributed by atoms with Crippen LogP contribution in [0, 0.1) is 11.8 Å². The van der Waals surface area contributed by atoms with Crippen molar-refractivity contribution in [3.63, 3.8) is 0 Å². The summed E-state index contributed by atoms with van der Waals surface area (Å²) in [5, 5.41) is 5.49. The fourth-order valence-corrected chi connectivity index (χ4v) is 6.61. The molecule has 184 valence electrons. The van der Waals surface area contributed by atoms with Crippen molar-refractivity contribution in [1.29, 1.82) is 0 Å². The van der Waals surface area contributed by atoms with E-state index in [-0.39, 0.29) is 10.9 Å². The van der Waals surface area contributed by atoms with Crippen LogP contribution in [0.3, 0.4) is 0 Å². The summed E-state index contributed by atoms with van der Waals surface area (Å²) in [5.74, 6) is 1.45. The molecule has 1 aromatic carbocycles. The van der Waals surface area contributed by atoms with Gasteiger partial charge >= 0.3 is 6.03 Å². The summed E-state index contributed by atoms with van der Waals surface area (Å²) in [6.07, 6.45) is 7.09. The molecule has 9 heteroatoms. The molecule has 2 aromatic rings. The monoisotopic (exact) mass is 485 g/mol.